The molecular weight excluding hydrogens is 101 g/mol. The van der Waals surface area contributed by atoms with Crippen molar-refractivity contribution in [1.82, 2.24) is 0 Å². The van der Waals surface area contributed by atoms with Crippen molar-refractivity contribution < 1.29 is 0 Å². The molecular formula is C2H2ClN3. The summed E-state index contributed by atoms with van der Waals surface area (Å²) < 4.78 is 0. The molecule has 0 aliphatic rings. The van der Waals surface area contributed by atoms with E-state index in [1.807, 2.05) is 0 Å². The average Bonchev–Trinajstić information content (AvgIpc) is 1.61. The molecule has 32 valence electrons. The minimum absolute atomic E-state index is 1.14. The maximum Gasteiger partial charge on any atom is 0.0122 e. The molecule has 6 heavy (non-hydrogen) atoms. The van der Waals surface area contributed by atoms with Crippen LogP contribution in [-0.2, 0) is 0 Å². The molecule has 3 nitrogen and oxygen atoms in total. The lowest BCUT2D eigenvalue weighted by Crippen LogP contribution is -1.29. The zero-order chi connectivity index (χ0) is 4.83. The van der Waals surface area contributed by atoms with E-state index in [2.05, 4.69) is 10.0 Å². The van der Waals surface area contributed by atoms with Crippen molar-refractivity contribution in [2.45, 2.75) is 0 Å². The molecule has 0 saturated carbocycles. The van der Waals surface area contributed by atoms with Crippen LogP contribution in [0.15, 0.2) is 16.8 Å². The second-order valence-electron chi connectivity index (χ2n) is 0.480. The van der Waals surface area contributed by atoms with E-state index in [9.17, 15) is 0 Å². The van der Waals surface area contributed by atoms with Crippen molar-refractivity contribution in [3.8, 4) is 0 Å². The summed E-state index contributed by atoms with van der Waals surface area (Å²) >= 11 is 4.93. The average molecular weight is 104 g/mol. The van der Waals surface area contributed by atoms with Crippen molar-refractivity contribution in [2.75, 3.05) is 0 Å². The first-order valence-electron chi connectivity index (χ1n) is 1.21. The first-order valence-corrected chi connectivity index (χ1v) is 1.65. The van der Waals surface area contributed by atoms with E-state index in [1.54, 1.807) is 0 Å². The Hall–Kier alpha value is -0.660. The Morgan fingerprint density at radius 3 is 2.67 bits per heavy atom. The third-order valence-electron chi connectivity index (χ3n) is 0.175. The minimum Gasteiger partial charge on any atom is -0.0931 e. The molecule has 0 fully saturated rings. The molecule has 0 bridgehead atoms. The van der Waals surface area contributed by atoms with Gasteiger partial charge in [0, 0.05) is 16.6 Å². The highest BCUT2D eigenvalue weighted by Gasteiger charge is 1.49. The van der Waals surface area contributed by atoms with Gasteiger partial charge in [-0.2, -0.15) is 0 Å². The van der Waals surface area contributed by atoms with Gasteiger partial charge in [0.1, 0.15) is 0 Å². The highest BCUT2D eigenvalue weighted by atomic mass is 35.5. The van der Waals surface area contributed by atoms with Gasteiger partial charge in [0.2, 0.25) is 0 Å². The van der Waals surface area contributed by atoms with Crippen LogP contribution in [0, 0.1) is 0 Å². The zero-order valence-corrected chi connectivity index (χ0v) is 3.63. The summed E-state index contributed by atoms with van der Waals surface area (Å²) in [5.74, 6) is 0. The monoisotopic (exact) mass is 103 g/mol. The summed E-state index contributed by atoms with van der Waals surface area (Å²) in [5.41, 5.74) is 8.68. The fourth-order valence-corrected chi connectivity index (χ4v) is 0.105. The van der Waals surface area contributed by atoms with Gasteiger partial charge in [0.05, 0.1) is 0 Å². The SMILES string of the molecule is [N-]=[N+]=NC=CCl. The van der Waals surface area contributed by atoms with Crippen LogP contribution in [0.4, 0.5) is 0 Å². The number of azide groups is 1. The minimum atomic E-state index is 1.14. The molecule has 0 saturated heterocycles. The molecule has 0 radical (unpaired) electrons. The molecule has 0 spiro atoms. The summed E-state index contributed by atoms with van der Waals surface area (Å²) in [6.45, 7) is 0. The number of hydrogen-bond donors (Lipinski definition) is 0. The van der Waals surface area contributed by atoms with Gasteiger partial charge in [-0.15, -0.1) is 0 Å². The Balaban J connectivity index is 3.33. The van der Waals surface area contributed by atoms with Crippen molar-refractivity contribution in [1.29, 1.82) is 0 Å². The van der Waals surface area contributed by atoms with Gasteiger partial charge >= 0.3 is 0 Å². The van der Waals surface area contributed by atoms with E-state index >= 15 is 0 Å². The van der Waals surface area contributed by atoms with Crippen LogP contribution >= 0.6 is 11.6 Å². The van der Waals surface area contributed by atoms with Gasteiger partial charge in [-0.25, -0.2) is 0 Å². The summed E-state index contributed by atoms with van der Waals surface area (Å²) in [4.78, 5) is 2.38. The Labute approximate surface area is 39.9 Å². The Kier molecular flexibility index (Phi) is 3.86. The van der Waals surface area contributed by atoms with E-state index in [-0.39, 0.29) is 0 Å². The first-order chi connectivity index (χ1) is 2.91. The summed E-state index contributed by atoms with van der Waals surface area (Å²) in [7, 11) is 0. The predicted octanol–water partition coefficient (Wildman–Crippen LogP) is 2.01. The van der Waals surface area contributed by atoms with Gasteiger partial charge in [0.25, 0.3) is 0 Å². The normalized spacial score (nSPS) is 8.17. The molecule has 0 aromatic heterocycles. The molecule has 4 heteroatoms. The number of rotatable bonds is 1. The molecule has 0 aromatic carbocycles. The van der Waals surface area contributed by atoms with Crippen molar-refractivity contribution in [3.05, 3.63) is 22.2 Å². The second kappa shape index (κ2) is 4.34. The fourth-order valence-electron chi connectivity index (χ4n) is 0.0550. The van der Waals surface area contributed by atoms with E-state index in [1.165, 1.54) is 0 Å². The van der Waals surface area contributed by atoms with Gasteiger partial charge < -0.3 is 0 Å². The summed E-state index contributed by atoms with van der Waals surface area (Å²) in [5, 5.41) is 2.96. The lowest BCUT2D eigenvalue weighted by Gasteiger charge is -1.53. The molecule has 0 aliphatic heterocycles. The maximum absolute atomic E-state index is 7.55. The lowest BCUT2D eigenvalue weighted by atomic mass is 11.1. The number of halogens is 1. The molecule has 0 atom stereocenters. The Morgan fingerprint density at radius 2 is 2.50 bits per heavy atom. The van der Waals surface area contributed by atoms with E-state index in [0.29, 0.717) is 0 Å². The molecule has 0 aliphatic carbocycles. The van der Waals surface area contributed by atoms with Crippen LogP contribution in [0.1, 0.15) is 0 Å². The van der Waals surface area contributed by atoms with Gasteiger partial charge in [-0.05, 0) is 5.53 Å². The lowest BCUT2D eigenvalue weighted by molar-refractivity contribution is 1.52. The van der Waals surface area contributed by atoms with Crippen LogP contribution < -0.4 is 0 Å². The van der Waals surface area contributed by atoms with Crippen LogP contribution in [-0.4, -0.2) is 0 Å². The highest BCUT2D eigenvalue weighted by Crippen LogP contribution is 1.77. The highest BCUT2D eigenvalue weighted by molar-refractivity contribution is 6.25. The van der Waals surface area contributed by atoms with Crippen LogP contribution in [0.3, 0.4) is 0 Å². The largest absolute Gasteiger partial charge is 0.0931 e. The molecule has 0 rings (SSSR count). The number of hydrogen-bond acceptors (Lipinski definition) is 1. The number of nitrogens with zero attached hydrogens (tertiary/aromatic N) is 3. The molecule has 0 amide bonds. The van der Waals surface area contributed by atoms with Gasteiger partial charge in [0.15, 0.2) is 0 Å². The Morgan fingerprint density at radius 1 is 1.83 bits per heavy atom. The smallest absolute Gasteiger partial charge is 0.0122 e. The standard InChI is InChI=1S/C2H2ClN3/c3-1-2-5-6-4/h1-2H. The molecule has 0 unspecified atom stereocenters. The summed E-state index contributed by atoms with van der Waals surface area (Å²) in [6.07, 6.45) is 1.15. The molecule has 0 aromatic rings. The fraction of sp³-hybridized carbons (Fsp3) is 0. The van der Waals surface area contributed by atoms with E-state index in [4.69, 9.17) is 17.1 Å². The summed E-state index contributed by atoms with van der Waals surface area (Å²) in [6, 6.07) is 0. The predicted molar refractivity (Wildman–Crippen MR) is 24.1 cm³/mol. The van der Waals surface area contributed by atoms with Gasteiger partial charge in [-0.1, -0.05) is 16.7 Å². The topological polar surface area (TPSA) is 48.8 Å². The van der Waals surface area contributed by atoms with Crippen LogP contribution in [0.5, 0.6) is 0 Å². The maximum atomic E-state index is 7.55. The first kappa shape index (κ1) is 5.34. The quantitative estimate of drug-likeness (QED) is 0.277. The van der Waals surface area contributed by atoms with E-state index in [0.717, 1.165) is 11.7 Å². The van der Waals surface area contributed by atoms with Crippen molar-refractivity contribution >= 4 is 11.6 Å². The second-order valence-corrected chi connectivity index (χ2v) is 0.732. The van der Waals surface area contributed by atoms with Crippen LogP contribution in [0.25, 0.3) is 10.4 Å². The van der Waals surface area contributed by atoms with Crippen molar-refractivity contribution in [3.63, 3.8) is 0 Å². The van der Waals surface area contributed by atoms with Crippen LogP contribution in [0.2, 0.25) is 0 Å². The van der Waals surface area contributed by atoms with E-state index < -0.39 is 0 Å². The Bertz CT molecular complexity index is 91.0. The molecule has 0 N–H and O–H groups in total. The third-order valence-corrected chi connectivity index (χ3v) is 0.287. The third kappa shape index (κ3) is 3.34. The zero-order valence-electron chi connectivity index (χ0n) is 2.87. The van der Waals surface area contributed by atoms with Gasteiger partial charge in [-0.3, -0.25) is 0 Å². The van der Waals surface area contributed by atoms with Crippen molar-refractivity contribution in [2.24, 2.45) is 5.11 Å². The molecule has 0 heterocycles.